The van der Waals surface area contributed by atoms with Crippen molar-refractivity contribution < 1.29 is 22.7 Å². The molecule has 2 aliphatic rings. The Kier molecular flexibility index (Phi) is 5.47. The molecule has 0 bridgehead atoms. The Morgan fingerprint density at radius 2 is 1.79 bits per heavy atom. The van der Waals surface area contributed by atoms with E-state index < -0.39 is 16.1 Å². The van der Waals surface area contributed by atoms with Crippen LogP contribution in [0.15, 0.2) is 53.4 Å². The SMILES string of the molecule is C[C@H]1CCCCN1S(=O)(=O)c1ccc(NC(=O)[C@H]2COc3ccccc3O2)cc1. The molecule has 0 radical (unpaired) electrons. The molecule has 1 saturated heterocycles. The average Bonchev–Trinajstić information content (AvgIpc) is 2.74. The second-order valence-corrected chi connectivity index (χ2v) is 9.23. The van der Waals surface area contributed by atoms with Gasteiger partial charge in [-0.2, -0.15) is 4.31 Å². The van der Waals surface area contributed by atoms with Gasteiger partial charge in [0.2, 0.25) is 16.1 Å². The number of piperidine rings is 1. The lowest BCUT2D eigenvalue weighted by molar-refractivity contribution is -0.125. The fourth-order valence-corrected chi connectivity index (χ4v) is 5.35. The van der Waals surface area contributed by atoms with E-state index in [0.29, 0.717) is 23.7 Å². The zero-order chi connectivity index (χ0) is 20.4. The van der Waals surface area contributed by atoms with Crippen molar-refractivity contribution in [3.8, 4) is 11.5 Å². The molecule has 1 N–H and O–H groups in total. The first-order valence-corrected chi connectivity index (χ1v) is 11.2. The first kappa shape index (κ1) is 19.7. The Morgan fingerprint density at radius 1 is 1.07 bits per heavy atom. The molecule has 7 nitrogen and oxygen atoms in total. The van der Waals surface area contributed by atoms with Gasteiger partial charge in [0.25, 0.3) is 5.91 Å². The van der Waals surface area contributed by atoms with Gasteiger partial charge in [0.15, 0.2) is 11.5 Å². The summed E-state index contributed by atoms with van der Waals surface area (Å²) in [5, 5.41) is 2.76. The molecule has 1 fully saturated rings. The number of benzene rings is 2. The van der Waals surface area contributed by atoms with Gasteiger partial charge in [-0.3, -0.25) is 4.79 Å². The van der Waals surface area contributed by atoms with Crippen LogP contribution < -0.4 is 14.8 Å². The third-order valence-electron chi connectivity index (χ3n) is 5.27. The molecule has 0 aliphatic carbocycles. The van der Waals surface area contributed by atoms with Crippen LogP contribution in [0, 0.1) is 0 Å². The van der Waals surface area contributed by atoms with Gasteiger partial charge in [-0.1, -0.05) is 18.6 Å². The highest BCUT2D eigenvalue weighted by Gasteiger charge is 2.31. The molecule has 0 unspecified atom stereocenters. The van der Waals surface area contributed by atoms with Gasteiger partial charge in [0.05, 0.1) is 4.90 Å². The molecular formula is C21H24N2O5S. The zero-order valence-electron chi connectivity index (χ0n) is 16.2. The molecule has 0 aromatic heterocycles. The van der Waals surface area contributed by atoms with Gasteiger partial charge in [-0.15, -0.1) is 0 Å². The maximum Gasteiger partial charge on any atom is 0.269 e. The summed E-state index contributed by atoms with van der Waals surface area (Å²) in [5.41, 5.74) is 0.503. The summed E-state index contributed by atoms with van der Waals surface area (Å²) in [7, 11) is -3.53. The number of fused-ring (bicyclic) bond motifs is 1. The van der Waals surface area contributed by atoms with Crippen LogP contribution in [0.1, 0.15) is 26.2 Å². The molecule has 29 heavy (non-hydrogen) atoms. The average molecular weight is 416 g/mol. The predicted octanol–water partition coefficient (Wildman–Crippen LogP) is 3.03. The third-order valence-corrected chi connectivity index (χ3v) is 7.30. The van der Waals surface area contributed by atoms with Crippen molar-refractivity contribution in [2.75, 3.05) is 18.5 Å². The van der Waals surface area contributed by atoms with Crippen molar-refractivity contribution in [3.63, 3.8) is 0 Å². The van der Waals surface area contributed by atoms with Crippen LogP contribution in [0.2, 0.25) is 0 Å². The molecule has 2 heterocycles. The van der Waals surface area contributed by atoms with Gasteiger partial charge < -0.3 is 14.8 Å². The van der Waals surface area contributed by atoms with Gasteiger partial charge in [-0.25, -0.2) is 8.42 Å². The minimum absolute atomic E-state index is 0.000503. The topological polar surface area (TPSA) is 84.9 Å². The number of nitrogens with zero attached hydrogens (tertiary/aromatic N) is 1. The van der Waals surface area contributed by atoms with E-state index >= 15 is 0 Å². The Hall–Kier alpha value is -2.58. The molecule has 1 amide bonds. The first-order chi connectivity index (χ1) is 13.9. The van der Waals surface area contributed by atoms with Gasteiger partial charge in [0, 0.05) is 18.3 Å². The quantitative estimate of drug-likeness (QED) is 0.828. The highest BCUT2D eigenvalue weighted by molar-refractivity contribution is 7.89. The van der Waals surface area contributed by atoms with Crippen molar-refractivity contribution in [1.82, 2.24) is 4.31 Å². The number of para-hydroxylation sites is 2. The summed E-state index contributed by atoms with van der Waals surface area (Å²) in [5.74, 6) is 0.786. The van der Waals surface area contributed by atoms with E-state index in [1.54, 1.807) is 28.6 Å². The van der Waals surface area contributed by atoms with Crippen molar-refractivity contribution in [2.24, 2.45) is 0 Å². The van der Waals surface area contributed by atoms with E-state index in [0.717, 1.165) is 19.3 Å². The molecule has 154 valence electrons. The second kappa shape index (κ2) is 8.04. The largest absolute Gasteiger partial charge is 0.485 e. The number of hydrogen-bond acceptors (Lipinski definition) is 5. The van der Waals surface area contributed by atoms with Crippen molar-refractivity contribution >= 4 is 21.6 Å². The lowest BCUT2D eigenvalue weighted by Crippen LogP contribution is -2.41. The lowest BCUT2D eigenvalue weighted by atomic mass is 10.1. The van der Waals surface area contributed by atoms with Crippen LogP contribution in [-0.4, -0.2) is 43.9 Å². The number of rotatable bonds is 4. The third kappa shape index (κ3) is 4.09. The van der Waals surface area contributed by atoms with Crippen LogP contribution in [0.4, 0.5) is 5.69 Å². The van der Waals surface area contributed by atoms with Crippen molar-refractivity contribution in [1.29, 1.82) is 0 Å². The first-order valence-electron chi connectivity index (χ1n) is 9.76. The normalized spacial score (nSPS) is 22.1. The fraction of sp³-hybridized carbons (Fsp3) is 0.381. The monoisotopic (exact) mass is 416 g/mol. The summed E-state index contributed by atoms with van der Waals surface area (Å²) in [6, 6.07) is 13.4. The summed E-state index contributed by atoms with van der Waals surface area (Å²) < 4.78 is 38.6. The molecule has 2 aliphatic heterocycles. The van der Waals surface area contributed by atoms with E-state index in [2.05, 4.69) is 5.32 Å². The smallest absolute Gasteiger partial charge is 0.269 e. The number of hydrogen-bond donors (Lipinski definition) is 1. The van der Waals surface area contributed by atoms with E-state index in [-0.39, 0.29) is 23.5 Å². The number of nitrogens with one attached hydrogen (secondary N) is 1. The van der Waals surface area contributed by atoms with Gasteiger partial charge in [-0.05, 0) is 56.2 Å². The van der Waals surface area contributed by atoms with E-state index in [4.69, 9.17) is 9.47 Å². The molecule has 4 rings (SSSR count). The van der Waals surface area contributed by atoms with Crippen LogP contribution in [0.25, 0.3) is 0 Å². The highest BCUT2D eigenvalue weighted by Crippen LogP contribution is 2.31. The molecule has 8 heteroatoms. The number of carbonyl (C=O) groups excluding carboxylic acids is 1. The standard InChI is InChI=1S/C21H24N2O5S/c1-15-6-4-5-13-23(15)29(25,26)17-11-9-16(10-12-17)22-21(24)20-14-27-18-7-2-3-8-19(18)28-20/h2-3,7-12,15,20H,4-6,13-14H2,1H3,(H,22,24)/t15-,20+/m0/s1. The molecule has 0 spiro atoms. The van der Waals surface area contributed by atoms with Crippen LogP contribution in [0.5, 0.6) is 11.5 Å². The Labute approximate surface area is 170 Å². The van der Waals surface area contributed by atoms with Crippen molar-refractivity contribution in [3.05, 3.63) is 48.5 Å². The summed E-state index contributed by atoms with van der Waals surface area (Å²) >= 11 is 0. The summed E-state index contributed by atoms with van der Waals surface area (Å²) in [4.78, 5) is 12.7. The molecule has 2 aromatic rings. The van der Waals surface area contributed by atoms with Crippen LogP contribution >= 0.6 is 0 Å². The second-order valence-electron chi connectivity index (χ2n) is 7.34. The lowest BCUT2D eigenvalue weighted by Gasteiger charge is -2.32. The zero-order valence-corrected chi connectivity index (χ0v) is 17.0. The Bertz CT molecular complexity index is 990. The maximum absolute atomic E-state index is 12.9. The minimum Gasteiger partial charge on any atom is -0.485 e. The number of anilines is 1. The number of amides is 1. The predicted molar refractivity (Wildman–Crippen MR) is 109 cm³/mol. The molecule has 0 saturated carbocycles. The van der Waals surface area contributed by atoms with Crippen LogP contribution in [-0.2, 0) is 14.8 Å². The van der Waals surface area contributed by atoms with Crippen LogP contribution in [0.3, 0.4) is 0 Å². The van der Waals surface area contributed by atoms with Gasteiger partial charge >= 0.3 is 0 Å². The van der Waals surface area contributed by atoms with Gasteiger partial charge in [0.1, 0.15) is 6.61 Å². The van der Waals surface area contributed by atoms with Crippen molar-refractivity contribution in [2.45, 2.75) is 43.2 Å². The van der Waals surface area contributed by atoms with E-state index in [1.165, 1.54) is 12.1 Å². The number of sulfonamides is 1. The number of carbonyl (C=O) groups is 1. The minimum atomic E-state index is -3.53. The maximum atomic E-state index is 12.9. The molecule has 2 aromatic carbocycles. The summed E-state index contributed by atoms with van der Waals surface area (Å²) in [6.45, 7) is 2.60. The highest BCUT2D eigenvalue weighted by atomic mass is 32.2. The molecule has 2 atom stereocenters. The Balaban J connectivity index is 1.43. The molecular weight excluding hydrogens is 392 g/mol. The Morgan fingerprint density at radius 3 is 2.52 bits per heavy atom. The van der Waals surface area contributed by atoms with E-state index in [1.807, 2.05) is 19.1 Å². The fourth-order valence-electron chi connectivity index (χ4n) is 3.65. The van der Waals surface area contributed by atoms with E-state index in [9.17, 15) is 13.2 Å². The number of ether oxygens (including phenoxy) is 2. The summed E-state index contributed by atoms with van der Waals surface area (Å²) in [6.07, 6.45) is 2.03.